The van der Waals surface area contributed by atoms with E-state index in [1.165, 1.54) is 6.20 Å². The monoisotopic (exact) mass is 227 g/mol. The Balaban J connectivity index is 2.50. The van der Waals surface area contributed by atoms with Crippen LogP contribution in [0.4, 0.5) is 0 Å². The van der Waals surface area contributed by atoms with E-state index in [1.54, 1.807) is 6.92 Å². The van der Waals surface area contributed by atoms with Crippen LogP contribution in [0.3, 0.4) is 0 Å². The number of imidazole rings is 1. The van der Waals surface area contributed by atoms with E-state index in [0.717, 1.165) is 6.42 Å². The summed E-state index contributed by atoms with van der Waals surface area (Å²) in [4.78, 5) is 26.9. The van der Waals surface area contributed by atoms with Gasteiger partial charge in [0.1, 0.15) is 5.69 Å². The van der Waals surface area contributed by atoms with Crippen molar-refractivity contribution < 1.29 is 9.90 Å². The molecule has 6 nitrogen and oxygen atoms in total. The van der Waals surface area contributed by atoms with Crippen LogP contribution in [0.2, 0.25) is 0 Å². The minimum atomic E-state index is -0.916. The van der Waals surface area contributed by atoms with E-state index in [-0.39, 0.29) is 12.2 Å². The Bertz CT molecular complexity index is 405. The largest absolute Gasteiger partial charge is 0.388 e. The normalized spacial score (nSPS) is 14.4. The molecule has 1 rings (SSSR count). The molecule has 0 fully saturated rings. The first kappa shape index (κ1) is 12.5. The Morgan fingerprint density at radius 3 is 2.81 bits per heavy atom. The van der Waals surface area contributed by atoms with E-state index in [0.29, 0.717) is 6.42 Å². The molecule has 1 heterocycles. The number of carbonyl (C=O) groups excluding carboxylic acids is 1. The first-order valence-corrected chi connectivity index (χ1v) is 5.23. The summed E-state index contributed by atoms with van der Waals surface area (Å²) in [6.07, 6.45) is 2.74. The first-order chi connectivity index (χ1) is 7.44. The molecule has 0 aromatic carbocycles. The van der Waals surface area contributed by atoms with Crippen molar-refractivity contribution in [2.45, 2.75) is 32.3 Å². The number of carbonyl (C=O) groups is 1. The molecule has 0 radical (unpaired) electrons. The third kappa shape index (κ3) is 3.54. The van der Waals surface area contributed by atoms with Gasteiger partial charge in [0.05, 0.1) is 5.60 Å². The molecule has 1 aromatic rings. The second kappa shape index (κ2) is 4.98. The molecule has 1 atom stereocenters. The lowest BCUT2D eigenvalue weighted by Gasteiger charge is -2.22. The van der Waals surface area contributed by atoms with Crippen LogP contribution in [-0.2, 0) is 0 Å². The second-order valence-corrected chi connectivity index (χ2v) is 4.09. The Kier molecular flexibility index (Phi) is 3.89. The fourth-order valence-corrected chi connectivity index (χ4v) is 1.45. The standard InChI is InChI=1S/C10H17N3O3/c1-3-4-10(2,16)6-12-8(14)7-5-11-9(15)13-7/h5,16H,3-4,6H2,1-2H3,(H,12,14)(H2,11,13,15). The molecule has 16 heavy (non-hydrogen) atoms. The predicted octanol–water partition coefficient (Wildman–Crippen LogP) is -0.0161. The number of H-pyrrole nitrogens is 2. The van der Waals surface area contributed by atoms with Gasteiger partial charge >= 0.3 is 5.69 Å². The Labute approximate surface area is 93.1 Å². The van der Waals surface area contributed by atoms with Crippen LogP contribution in [-0.4, -0.2) is 33.1 Å². The van der Waals surface area contributed by atoms with Gasteiger partial charge in [0, 0.05) is 12.7 Å². The quantitative estimate of drug-likeness (QED) is 0.569. The summed E-state index contributed by atoms with van der Waals surface area (Å²) < 4.78 is 0. The Hall–Kier alpha value is -1.56. The van der Waals surface area contributed by atoms with E-state index in [1.807, 2.05) is 6.92 Å². The van der Waals surface area contributed by atoms with E-state index in [2.05, 4.69) is 15.3 Å². The summed E-state index contributed by atoms with van der Waals surface area (Å²) in [5.41, 5.74) is -1.18. The van der Waals surface area contributed by atoms with Crippen LogP contribution >= 0.6 is 0 Å². The number of amides is 1. The minimum Gasteiger partial charge on any atom is -0.388 e. The zero-order valence-electron chi connectivity index (χ0n) is 9.46. The number of aliphatic hydroxyl groups is 1. The smallest absolute Gasteiger partial charge is 0.323 e. The molecule has 0 bridgehead atoms. The number of rotatable bonds is 5. The van der Waals surface area contributed by atoms with E-state index >= 15 is 0 Å². The lowest BCUT2D eigenvalue weighted by molar-refractivity contribution is 0.0468. The fourth-order valence-electron chi connectivity index (χ4n) is 1.45. The summed E-state index contributed by atoms with van der Waals surface area (Å²) in [7, 11) is 0. The predicted molar refractivity (Wildman–Crippen MR) is 59.3 cm³/mol. The van der Waals surface area contributed by atoms with Gasteiger partial charge in [-0.2, -0.15) is 0 Å². The van der Waals surface area contributed by atoms with Gasteiger partial charge in [-0.3, -0.25) is 4.79 Å². The van der Waals surface area contributed by atoms with Crippen LogP contribution in [0, 0.1) is 0 Å². The van der Waals surface area contributed by atoms with Gasteiger partial charge in [-0.05, 0) is 13.3 Å². The van der Waals surface area contributed by atoms with Gasteiger partial charge in [0.25, 0.3) is 5.91 Å². The zero-order chi connectivity index (χ0) is 12.2. The van der Waals surface area contributed by atoms with E-state index in [4.69, 9.17) is 0 Å². The molecule has 0 saturated carbocycles. The molecule has 0 spiro atoms. The molecule has 1 aromatic heterocycles. The van der Waals surface area contributed by atoms with Gasteiger partial charge in [-0.15, -0.1) is 0 Å². The average Bonchev–Trinajstić information content (AvgIpc) is 2.61. The molecule has 0 aliphatic carbocycles. The van der Waals surface area contributed by atoms with Crippen LogP contribution in [0.15, 0.2) is 11.0 Å². The summed E-state index contributed by atoms with van der Waals surface area (Å²) in [6, 6.07) is 0. The van der Waals surface area contributed by atoms with Crippen LogP contribution < -0.4 is 11.0 Å². The summed E-state index contributed by atoms with van der Waals surface area (Å²) >= 11 is 0. The molecule has 0 aliphatic rings. The van der Waals surface area contributed by atoms with Gasteiger partial charge in [0.15, 0.2) is 0 Å². The number of aromatic nitrogens is 2. The molecular weight excluding hydrogens is 210 g/mol. The maximum absolute atomic E-state index is 11.5. The molecule has 90 valence electrons. The van der Waals surface area contributed by atoms with Crippen molar-refractivity contribution in [2.75, 3.05) is 6.54 Å². The van der Waals surface area contributed by atoms with Crippen LogP contribution in [0.25, 0.3) is 0 Å². The van der Waals surface area contributed by atoms with Crippen molar-refractivity contribution in [3.05, 3.63) is 22.4 Å². The minimum absolute atomic E-state index is 0.160. The highest BCUT2D eigenvalue weighted by atomic mass is 16.3. The number of hydrogen-bond donors (Lipinski definition) is 4. The molecule has 6 heteroatoms. The maximum atomic E-state index is 11.5. The topological polar surface area (TPSA) is 98.0 Å². The van der Waals surface area contributed by atoms with E-state index < -0.39 is 17.2 Å². The van der Waals surface area contributed by atoms with Gasteiger partial charge in [0.2, 0.25) is 0 Å². The zero-order valence-corrected chi connectivity index (χ0v) is 9.46. The highest BCUT2D eigenvalue weighted by Gasteiger charge is 2.20. The third-order valence-corrected chi connectivity index (χ3v) is 2.26. The lowest BCUT2D eigenvalue weighted by atomic mass is 10.0. The van der Waals surface area contributed by atoms with Gasteiger partial charge < -0.3 is 20.4 Å². The van der Waals surface area contributed by atoms with Crippen molar-refractivity contribution in [3.63, 3.8) is 0 Å². The molecule has 1 unspecified atom stereocenters. The third-order valence-electron chi connectivity index (χ3n) is 2.26. The van der Waals surface area contributed by atoms with Crippen LogP contribution in [0.1, 0.15) is 37.2 Å². The SMILES string of the molecule is CCCC(C)(O)CNC(=O)c1c[nH]c(=O)[nH]1. The summed E-state index contributed by atoms with van der Waals surface area (Å²) in [6.45, 7) is 3.78. The molecule has 0 saturated heterocycles. The van der Waals surface area contributed by atoms with Crippen molar-refractivity contribution >= 4 is 5.91 Å². The molecular formula is C10H17N3O3. The average molecular weight is 227 g/mol. The molecule has 1 amide bonds. The molecule has 4 N–H and O–H groups in total. The number of hydrogen-bond acceptors (Lipinski definition) is 3. The number of aromatic amines is 2. The van der Waals surface area contributed by atoms with Crippen molar-refractivity contribution in [3.8, 4) is 0 Å². The van der Waals surface area contributed by atoms with Crippen molar-refractivity contribution in [1.29, 1.82) is 0 Å². The highest BCUT2D eigenvalue weighted by Crippen LogP contribution is 2.09. The first-order valence-electron chi connectivity index (χ1n) is 5.23. The Morgan fingerprint density at radius 2 is 2.31 bits per heavy atom. The van der Waals surface area contributed by atoms with E-state index in [9.17, 15) is 14.7 Å². The van der Waals surface area contributed by atoms with Gasteiger partial charge in [-0.25, -0.2) is 4.79 Å². The maximum Gasteiger partial charge on any atom is 0.323 e. The molecule has 0 aliphatic heterocycles. The lowest BCUT2D eigenvalue weighted by Crippen LogP contribution is -2.40. The summed E-state index contributed by atoms with van der Waals surface area (Å²) in [5, 5.41) is 12.4. The van der Waals surface area contributed by atoms with Crippen molar-refractivity contribution in [2.24, 2.45) is 0 Å². The number of nitrogens with one attached hydrogen (secondary N) is 3. The van der Waals surface area contributed by atoms with Crippen LogP contribution in [0.5, 0.6) is 0 Å². The van der Waals surface area contributed by atoms with Crippen molar-refractivity contribution in [1.82, 2.24) is 15.3 Å². The van der Waals surface area contributed by atoms with Gasteiger partial charge in [-0.1, -0.05) is 13.3 Å². The fraction of sp³-hybridized carbons (Fsp3) is 0.600. The second-order valence-electron chi connectivity index (χ2n) is 4.09. The summed E-state index contributed by atoms with van der Waals surface area (Å²) in [5.74, 6) is -0.408. The highest BCUT2D eigenvalue weighted by molar-refractivity contribution is 5.91. The Morgan fingerprint density at radius 1 is 1.62 bits per heavy atom.